The number of thioether (sulfide) groups is 1. The van der Waals surface area contributed by atoms with Crippen LogP contribution >= 0.6 is 11.8 Å². The van der Waals surface area contributed by atoms with E-state index in [9.17, 15) is 0 Å². The van der Waals surface area contributed by atoms with Gasteiger partial charge >= 0.3 is 0 Å². The summed E-state index contributed by atoms with van der Waals surface area (Å²) < 4.78 is 0. The molecule has 0 heterocycles. The highest BCUT2D eigenvalue weighted by atomic mass is 32.2. The molecule has 0 spiro atoms. The summed E-state index contributed by atoms with van der Waals surface area (Å²) in [4.78, 5) is 0. The van der Waals surface area contributed by atoms with Gasteiger partial charge in [-0.25, -0.2) is 0 Å². The fourth-order valence-corrected chi connectivity index (χ4v) is 4.40. The standard InChI is InChI=1S/C16H25NS/c1-4-17-15-9-10-16(13(15)3)18-11-14-8-6-5-7-12(14)2/h5-8,13,15-17H,4,9-11H2,1-3H3. The maximum absolute atomic E-state index is 3.62. The Bertz CT molecular complexity index is 377. The van der Waals surface area contributed by atoms with Crippen molar-refractivity contribution in [3.8, 4) is 0 Å². The van der Waals surface area contributed by atoms with Crippen LogP contribution in [0, 0.1) is 12.8 Å². The van der Waals surface area contributed by atoms with Gasteiger partial charge in [-0.1, -0.05) is 38.1 Å². The Hall–Kier alpha value is -0.470. The molecule has 18 heavy (non-hydrogen) atoms. The average molecular weight is 263 g/mol. The molecular weight excluding hydrogens is 238 g/mol. The van der Waals surface area contributed by atoms with Crippen LogP contribution in [0.1, 0.15) is 37.8 Å². The predicted molar refractivity (Wildman–Crippen MR) is 82.1 cm³/mol. The minimum Gasteiger partial charge on any atom is -0.314 e. The molecule has 0 amide bonds. The molecule has 1 aliphatic rings. The Kier molecular flexibility index (Phi) is 5.13. The second kappa shape index (κ2) is 6.63. The summed E-state index contributed by atoms with van der Waals surface area (Å²) in [6.45, 7) is 7.94. The van der Waals surface area contributed by atoms with Crippen LogP contribution in [0.25, 0.3) is 0 Å². The normalized spacial score (nSPS) is 27.6. The van der Waals surface area contributed by atoms with Crippen molar-refractivity contribution in [2.24, 2.45) is 5.92 Å². The summed E-state index contributed by atoms with van der Waals surface area (Å²) in [6.07, 6.45) is 2.72. The molecule has 0 radical (unpaired) electrons. The Morgan fingerprint density at radius 2 is 2.06 bits per heavy atom. The first-order valence-electron chi connectivity index (χ1n) is 7.12. The summed E-state index contributed by atoms with van der Waals surface area (Å²) in [5, 5.41) is 4.45. The first-order valence-corrected chi connectivity index (χ1v) is 8.16. The number of rotatable bonds is 5. The molecule has 0 aromatic heterocycles. The number of nitrogens with one attached hydrogen (secondary N) is 1. The molecule has 100 valence electrons. The van der Waals surface area contributed by atoms with Crippen LogP contribution in [-0.2, 0) is 5.75 Å². The van der Waals surface area contributed by atoms with Gasteiger partial charge in [-0.2, -0.15) is 11.8 Å². The van der Waals surface area contributed by atoms with Crippen LogP contribution in [-0.4, -0.2) is 17.8 Å². The van der Waals surface area contributed by atoms with Crippen LogP contribution < -0.4 is 5.32 Å². The van der Waals surface area contributed by atoms with Gasteiger partial charge in [0.25, 0.3) is 0 Å². The van der Waals surface area contributed by atoms with E-state index in [0.717, 1.165) is 23.8 Å². The van der Waals surface area contributed by atoms with Crippen LogP contribution in [0.3, 0.4) is 0 Å². The van der Waals surface area contributed by atoms with Crippen molar-refractivity contribution in [3.05, 3.63) is 35.4 Å². The monoisotopic (exact) mass is 263 g/mol. The van der Waals surface area contributed by atoms with E-state index in [1.54, 1.807) is 0 Å². The minimum absolute atomic E-state index is 0.740. The van der Waals surface area contributed by atoms with Crippen molar-refractivity contribution < 1.29 is 0 Å². The van der Waals surface area contributed by atoms with E-state index in [2.05, 4.69) is 62.1 Å². The van der Waals surface area contributed by atoms with Crippen molar-refractivity contribution >= 4 is 11.8 Å². The highest BCUT2D eigenvalue weighted by Gasteiger charge is 2.32. The van der Waals surface area contributed by atoms with Gasteiger partial charge in [-0.3, -0.25) is 0 Å². The molecule has 1 saturated carbocycles. The largest absolute Gasteiger partial charge is 0.314 e. The molecule has 2 heteroatoms. The van der Waals surface area contributed by atoms with Gasteiger partial charge in [0.15, 0.2) is 0 Å². The lowest BCUT2D eigenvalue weighted by atomic mass is 10.1. The first-order chi connectivity index (χ1) is 8.72. The fourth-order valence-electron chi connectivity index (χ4n) is 2.88. The van der Waals surface area contributed by atoms with Gasteiger partial charge in [0, 0.05) is 17.0 Å². The van der Waals surface area contributed by atoms with Gasteiger partial charge in [0.05, 0.1) is 0 Å². The van der Waals surface area contributed by atoms with Gasteiger partial charge in [-0.15, -0.1) is 0 Å². The van der Waals surface area contributed by atoms with Crippen LogP contribution in [0.15, 0.2) is 24.3 Å². The summed E-state index contributed by atoms with van der Waals surface area (Å²) >= 11 is 2.15. The SMILES string of the molecule is CCNC1CCC(SCc2ccccc2C)C1C. The molecule has 1 aliphatic carbocycles. The third kappa shape index (κ3) is 3.30. The van der Waals surface area contributed by atoms with E-state index >= 15 is 0 Å². The lowest BCUT2D eigenvalue weighted by Crippen LogP contribution is -2.33. The highest BCUT2D eigenvalue weighted by Crippen LogP contribution is 2.36. The van der Waals surface area contributed by atoms with Gasteiger partial charge in [-0.05, 0) is 43.4 Å². The average Bonchev–Trinajstić information content (AvgIpc) is 2.71. The second-order valence-electron chi connectivity index (χ2n) is 5.38. The Labute approximate surface area is 116 Å². The zero-order valence-electron chi connectivity index (χ0n) is 11.8. The summed E-state index contributed by atoms with van der Waals surface area (Å²) in [7, 11) is 0. The molecule has 1 aromatic rings. The molecule has 2 rings (SSSR count). The van der Waals surface area contributed by atoms with E-state index in [4.69, 9.17) is 0 Å². The van der Waals surface area contributed by atoms with Crippen LogP contribution in [0.4, 0.5) is 0 Å². The quantitative estimate of drug-likeness (QED) is 0.861. The topological polar surface area (TPSA) is 12.0 Å². The van der Waals surface area contributed by atoms with Crippen molar-refractivity contribution in [2.45, 2.75) is 50.7 Å². The smallest absolute Gasteiger partial charge is 0.0190 e. The first kappa shape index (κ1) is 14.0. The molecule has 0 bridgehead atoms. The molecule has 1 nitrogen and oxygen atoms in total. The van der Waals surface area contributed by atoms with Crippen molar-refractivity contribution in [1.82, 2.24) is 5.32 Å². The van der Waals surface area contributed by atoms with Crippen LogP contribution in [0.2, 0.25) is 0 Å². The lowest BCUT2D eigenvalue weighted by molar-refractivity contribution is 0.441. The van der Waals surface area contributed by atoms with Crippen molar-refractivity contribution in [3.63, 3.8) is 0 Å². The van der Waals surface area contributed by atoms with E-state index in [1.807, 2.05) is 0 Å². The zero-order valence-corrected chi connectivity index (χ0v) is 12.6. The molecule has 0 saturated heterocycles. The minimum atomic E-state index is 0.740. The van der Waals surface area contributed by atoms with Gasteiger partial charge in [0.1, 0.15) is 0 Å². The molecule has 1 aromatic carbocycles. The second-order valence-corrected chi connectivity index (χ2v) is 6.60. The lowest BCUT2D eigenvalue weighted by Gasteiger charge is -2.21. The number of aryl methyl sites for hydroxylation is 1. The summed E-state index contributed by atoms with van der Waals surface area (Å²) in [5.74, 6) is 1.97. The zero-order chi connectivity index (χ0) is 13.0. The van der Waals surface area contributed by atoms with E-state index in [0.29, 0.717) is 0 Å². The third-order valence-corrected chi connectivity index (χ3v) is 5.73. The molecule has 1 N–H and O–H groups in total. The van der Waals surface area contributed by atoms with Crippen molar-refractivity contribution in [2.75, 3.05) is 6.54 Å². The predicted octanol–water partition coefficient (Wildman–Crippen LogP) is 4.00. The summed E-state index contributed by atoms with van der Waals surface area (Å²) in [5.41, 5.74) is 2.93. The molecule has 1 fully saturated rings. The number of hydrogen-bond donors (Lipinski definition) is 1. The van der Waals surface area contributed by atoms with Crippen molar-refractivity contribution in [1.29, 1.82) is 0 Å². The maximum Gasteiger partial charge on any atom is 0.0190 e. The van der Waals surface area contributed by atoms with Gasteiger partial charge < -0.3 is 5.32 Å². The third-order valence-electron chi connectivity index (χ3n) is 4.16. The Balaban J connectivity index is 1.86. The van der Waals surface area contributed by atoms with E-state index in [1.165, 1.54) is 29.7 Å². The van der Waals surface area contributed by atoms with E-state index in [-0.39, 0.29) is 0 Å². The number of hydrogen-bond acceptors (Lipinski definition) is 2. The van der Waals surface area contributed by atoms with E-state index < -0.39 is 0 Å². The highest BCUT2D eigenvalue weighted by molar-refractivity contribution is 7.99. The summed E-state index contributed by atoms with van der Waals surface area (Å²) in [6, 6.07) is 9.51. The number of benzene rings is 1. The molecule has 3 atom stereocenters. The Morgan fingerprint density at radius 3 is 2.78 bits per heavy atom. The molecule has 0 aliphatic heterocycles. The molecule has 3 unspecified atom stereocenters. The maximum atomic E-state index is 3.62. The van der Waals surface area contributed by atoms with Crippen LogP contribution in [0.5, 0.6) is 0 Å². The molecular formula is C16H25NS. The fraction of sp³-hybridized carbons (Fsp3) is 0.625. The van der Waals surface area contributed by atoms with Gasteiger partial charge in [0.2, 0.25) is 0 Å². The Morgan fingerprint density at radius 1 is 1.28 bits per heavy atom.